The van der Waals surface area contributed by atoms with Crippen LogP contribution in [0.1, 0.15) is 21.5 Å². The van der Waals surface area contributed by atoms with Gasteiger partial charge in [-0.25, -0.2) is 4.39 Å². The van der Waals surface area contributed by atoms with Crippen molar-refractivity contribution in [1.29, 1.82) is 0 Å². The highest BCUT2D eigenvalue weighted by atomic mass is 32.2. The van der Waals surface area contributed by atoms with Crippen molar-refractivity contribution in [3.63, 3.8) is 0 Å². The van der Waals surface area contributed by atoms with Crippen LogP contribution in [-0.4, -0.2) is 35.4 Å². The highest BCUT2D eigenvalue weighted by Crippen LogP contribution is 2.20. The van der Waals surface area contributed by atoms with Crippen molar-refractivity contribution in [3.05, 3.63) is 65.0 Å². The molecule has 2 aromatic rings. The maximum absolute atomic E-state index is 13.3. The first-order chi connectivity index (χ1) is 11.6. The zero-order valence-electron chi connectivity index (χ0n) is 13.7. The van der Waals surface area contributed by atoms with E-state index in [9.17, 15) is 9.18 Å². The molecule has 1 heterocycles. The number of benzene rings is 2. The summed E-state index contributed by atoms with van der Waals surface area (Å²) in [5.41, 5.74) is 3.56. The molecule has 1 saturated heterocycles. The van der Waals surface area contributed by atoms with E-state index in [0.717, 1.165) is 41.4 Å². The Morgan fingerprint density at radius 3 is 2.75 bits per heavy atom. The molecule has 24 heavy (non-hydrogen) atoms. The summed E-state index contributed by atoms with van der Waals surface area (Å²) in [5.74, 6) is 1.85. The molecule has 0 atom stereocenters. The van der Waals surface area contributed by atoms with Crippen LogP contribution in [0.3, 0.4) is 0 Å². The van der Waals surface area contributed by atoms with Gasteiger partial charge < -0.3 is 10.2 Å². The molecular weight excluding hydrogens is 323 g/mol. The minimum atomic E-state index is -0.238. The van der Waals surface area contributed by atoms with Crippen molar-refractivity contribution in [2.24, 2.45) is 0 Å². The number of hydrogen-bond acceptors (Lipinski definition) is 3. The van der Waals surface area contributed by atoms with Crippen LogP contribution in [0.5, 0.6) is 0 Å². The first-order valence-corrected chi connectivity index (χ1v) is 9.25. The maximum Gasteiger partial charge on any atom is 0.253 e. The highest BCUT2D eigenvalue weighted by Gasteiger charge is 2.18. The molecule has 126 valence electrons. The minimum absolute atomic E-state index is 0.0871. The number of thioether (sulfide) groups is 1. The quantitative estimate of drug-likeness (QED) is 0.912. The average molecular weight is 344 g/mol. The van der Waals surface area contributed by atoms with E-state index < -0.39 is 0 Å². The summed E-state index contributed by atoms with van der Waals surface area (Å²) in [5, 5.41) is 3.31. The minimum Gasteiger partial charge on any atom is -0.381 e. The Bertz CT molecular complexity index is 729. The van der Waals surface area contributed by atoms with E-state index in [1.165, 1.54) is 12.1 Å². The number of halogens is 1. The fraction of sp³-hybridized carbons (Fsp3) is 0.316. The second-order valence-electron chi connectivity index (χ2n) is 5.92. The van der Waals surface area contributed by atoms with Crippen molar-refractivity contribution in [1.82, 2.24) is 4.90 Å². The van der Waals surface area contributed by atoms with Gasteiger partial charge in [0.2, 0.25) is 0 Å². The fourth-order valence-corrected chi connectivity index (χ4v) is 3.64. The van der Waals surface area contributed by atoms with Gasteiger partial charge in [0.05, 0.1) is 0 Å². The number of amides is 1. The molecule has 1 N–H and O–H groups in total. The predicted molar refractivity (Wildman–Crippen MR) is 98.1 cm³/mol. The fourth-order valence-electron chi connectivity index (χ4n) is 2.74. The summed E-state index contributed by atoms with van der Waals surface area (Å²) >= 11 is 1.89. The molecule has 5 heteroatoms. The van der Waals surface area contributed by atoms with Gasteiger partial charge in [-0.15, -0.1) is 0 Å². The lowest BCUT2D eigenvalue weighted by Crippen LogP contribution is -2.37. The number of nitrogens with zero attached hydrogens (tertiary/aromatic N) is 1. The summed E-state index contributed by atoms with van der Waals surface area (Å²) in [4.78, 5) is 14.5. The van der Waals surface area contributed by atoms with Gasteiger partial charge in [-0.05, 0) is 42.3 Å². The van der Waals surface area contributed by atoms with E-state index in [1.807, 2.05) is 47.9 Å². The number of rotatable bonds is 4. The van der Waals surface area contributed by atoms with Crippen LogP contribution < -0.4 is 5.32 Å². The Morgan fingerprint density at radius 2 is 2.00 bits per heavy atom. The van der Waals surface area contributed by atoms with Gasteiger partial charge in [-0.1, -0.05) is 18.2 Å². The van der Waals surface area contributed by atoms with Gasteiger partial charge in [0.25, 0.3) is 5.91 Å². The summed E-state index contributed by atoms with van der Waals surface area (Å²) in [6.07, 6.45) is 0. The first-order valence-electron chi connectivity index (χ1n) is 8.09. The Balaban J connectivity index is 1.72. The van der Waals surface area contributed by atoms with Gasteiger partial charge in [0, 0.05) is 42.4 Å². The molecule has 1 aliphatic rings. The van der Waals surface area contributed by atoms with E-state index in [4.69, 9.17) is 0 Å². The summed E-state index contributed by atoms with van der Waals surface area (Å²) in [6.45, 7) is 4.14. The molecule has 0 unspecified atom stereocenters. The molecule has 0 bridgehead atoms. The van der Waals surface area contributed by atoms with Crippen molar-refractivity contribution in [2.75, 3.05) is 29.9 Å². The highest BCUT2D eigenvalue weighted by molar-refractivity contribution is 7.99. The van der Waals surface area contributed by atoms with Crippen LogP contribution in [0, 0.1) is 12.7 Å². The lowest BCUT2D eigenvalue weighted by Gasteiger charge is -2.26. The third-order valence-electron chi connectivity index (χ3n) is 4.15. The van der Waals surface area contributed by atoms with Crippen molar-refractivity contribution in [2.45, 2.75) is 13.5 Å². The lowest BCUT2D eigenvalue weighted by atomic mass is 10.1. The first kappa shape index (κ1) is 16.8. The number of anilines is 1. The molecule has 0 radical (unpaired) electrons. The molecule has 2 aromatic carbocycles. The second kappa shape index (κ2) is 7.71. The molecule has 1 aliphatic heterocycles. The van der Waals surface area contributed by atoms with E-state index in [1.54, 1.807) is 6.07 Å². The number of nitrogens with one attached hydrogen (secondary N) is 1. The van der Waals surface area contributed by atoms with Gasteiger partial charge in [0.15, 0.2) is 0 Å². The Hall–Kier alpha value is -2.01. The topological polar surface area (TPSA) is 32.3 Å². The summed E-state index contributed by atoms with van der Waals surface area (Å²) in [6, 6.07) is 12.3. The zero-order chi connectivity index (χ0) is 16.9. The normalized spacial score (nSPS) is 14.5. The Kier molecular flexibility index (Phi) is 5.41. The molecular formula is C19H21FN2OS. The third-order valence-corrected chi connectivity index (χ3v) is 5.10. The van der Waals surface area contributed by atoms with Gasteiger partial charge in [0.1, 0.15) is 5.82 Å². The van der Waals surface area contributed by atoms with Crippen molar-refractivity contribution < 1.29 is 9.18 Å². The molecule has 3 nitrogen and oxygen atoms in total. The lowest BCUT2D eigenvalue weighted by molar-refractivity contribution is 0.0772. The van der Waals surface area contributed by atoms with E-state index in [-0.39, 0.29) is 11.7 Å². The van der Waals surface area contributed by atoms with E-state index >= 15 is 0 Å². The monoisotopic (exact) mass is 344 g/mol. The van der Waals surface area contributed by atoms with Crippen LogP contribution in [0.15, 0.2) is 42.5 Å². The smallest absolute Gasteiger partial charge is 0.253 e. The van der Waals surface area contributed by atoms with Gasteiger partial charge in [-0.3, -0.25) is 4.79 Å². The van der Waals surface area contributed by atoms with Crippen LogP contribution in [0.25, 0.3) is 0 Å². The SMILES string of the molecule is Cc1ccc(C(=O)N2CCSCC2)cc1NCc1cccc(F)c1. The van der Waals surface area contributed by atoms with Crippen LogP contribution in [0.2, 0.25) is 0 Å². The molecule has 1 fully saturated rings. The van der Waals surface area contributed by atoms with Crippen LogP contribution in [0.4, 0.5) is 10.1 Å². The third kappa shape index (κ3) is 4.09. The van der Waals surface area contributed by atoms with Gasteiger partial charge in [-0.2, -0.15) is 11.8 Å². The zero-order valence-corrected chi connectivity index (χ0v) is 14.5. The van der Waals surface area contributed by atoms with Gasteiger partial charge >= 0.3 is 0 Å². The standard InChI is InChI=1S/C19H21FN2OS/c1-14-5-6-16(19(23)22-7-9-24-10-8-22)12-18(14)21-13-15-3-2-4-17(20)11-15/h2-6,11-12,21H,7-10,13H2,1H3. The van der Waals surface area contributed by atoms with Crippen LogP contribution >= 0.6 is 11.8 Å². The Morgan fingerprint density at radius 1 is 1.21 bits per heavy atom. The molecule has 1 amide bonds. The summed E-state index contributed by atoms with van der Waals surface area (Å²) < 4.78 is 13.3. The largest absolute Gasteiger partial charge is 0.381 e. The molecule has 3 rings (SSSR count). The Labute approximate surface area is 146 Å². The molecule has 0 saturated carbocycles. The van der Waals surface area contributed by atoms with Crippen molar-refractivity contribution >= 4 is 23.4 Å². The molecule has 0 aliphatic carbocycles. The summed E-state index contributed by atoms with van der Waals surface area (Å²) in [7, 11) is 0. The number of aryl methyl sites for hydroxylation is 1. The number of carbonyl (C=O) groups excluding carboxylic acids is 1. The van der Waals surface area contributed by atoms with Crippen LogP contribution in [-0.2, 0) is 6.54 Å². The predicted octanol–water partition coefficient (Wildman–Crippen LogP) is 3.94. The van der Waals surface area contributed by atoms with E-state index in [2.05, 4.69) is 5.32 Å². The van der Waals surface area contributed by atoms with Crippen molar-refractivity contribution in [3.8, 4) is 0 Å². The van der Waals surface area contributed by atoms with E-state index in [0.29, 0.717) is 12.1 Å². The molecule has 0 aromatic heterocycles. The number of hydrogen-bond donors (Lipinski definition) is 1. The average Bonchev–Trinajstić information content (AvgIpc) is 2.61. The number of carbonyl (C=O) groups is 1. The molecule has 0 spiro atoms. The maximum atomic E-state index is 13.3. The second-order valence-corrected chi connectivity index (χ2v) is 7.14.